The van der Waals surface area contributed by atoms with Crippen molar-refractivity contribution < 1.29 is 0 Å². The van der Waals surface area contributed by atoms with Gasteiger partial charge in [-0.2, -0.15) is 0 Å². The van der Waals surface area contributed by atoms with Crippen molar-refractivity contribution in [2.24, 2.45) is 5.92 Å². The number of hydrogen-bond acceptors (Lipinski definition) is 3. The highest BCUT2D eigenvalue weighted by Gasteiger charge is 2.42. The van der Waals surface area contributed by atoms with Crippen molar-refractivity contribution in [1.29, 1.82) is 0 Å². The van der Waals surface area contributed by atoms with Crippen LogP contribution in [0.15, 0.2) is 24.5 Å². The van der Waals surface area contributed by atoms with Gasteiger partial charge in [-0.15, -0.1) is 0 Å². The highest BCUT2D eigenvalue weighted by atomic mass is 15.2. The zero-order valence-corrected chi connectivity index (χ0v) is 13.4. The van der Waals surface area contributed by atoms with Crippen LogP contribution in [0, 0.1) is 5.92 Å². The van der Waals surface area contributed by atoms with Gasteiger partial charge in [0.15, 0.2) is 0 Å². The van der Waals surface area contributed by atoms with Crippen molar-refractivity contribution in [2.75, 3.05) is 21.1 Å². The summed E-state index contributed by atoms with van der Waals surface area (Å²) in [5.74, 6) is 0.874. The molecule has 0 saturated heterocycles. The molecule has 1 unspecified atom stereocenters. The van der Waals surface area contributed by atoms with Crippen LogP contribution in [-0.2, 0) is 6.42 Å². The summed E-state index contributed by atoms with van der Waals surface area (Å²) in [7, 11) is 6.58. The number of nitrogens with zero attached hydrogens (tertiary/aromatic N) is 2. The monoisotopic (exact) mass is 275 g/mol. The third kappa shape index (κ3) is 3.21. The largest absolute Gasteiger partial charge is 0.315 e. The van der Waals surface area contributed by atoms with Gasteiger partial charge in [-0.25, -0.2) is 0 Å². The average molecular weight is 275 g/mol. The molecule has 3 heteroatoms. The Bertz CT molecular complexity index is 394. The Hall–Kier alpha value is -0.930. The molecule has 0 aliphatic heterocycles. The van der Waals surface area contributed by atoms with Crippen molar-refractivity contribution in [3.05, 3.63) is 30.1 Å². The van der Waals surface area contributed by atoms with E-state index in [0.717, 1.165) is 12.3 Å². The van der Waals surface area contributed by atoms with Gasteiger partial charge in [0.1, 0.15) is 0 Å². The van der Waals surface area contributed by atoms with Crippen LogP contribution < -0.4 is 5.32 Å². The van der Waals surface area contributed by atoms with Crippen molar-refractivity contribution >= 4 is 0 Å². The van der Waals surface area contributed by atoms with E-state index in [0.29, 0.717) is 6.04 Å². The first-order valence-electron chi connectivity index (χ1n) is 7.82. The Kier molecular flexibility index (Phi) is 5.17. The summed E-state index contributed by atoms with van der Waals surface area (Å²) in [6, 6.07) is 4.70. The van der Waals surface area contributed by atoms with Gasteiger partial charge in [-0.3, -0.25) is 4.98 Å². The first-order valence-corrected chi connectivity index (χ1v) is 7.82. The maximum Gasteiger partial charge on any atom is 0.0359 e. The van der Waals surface area contributed by atoms with E-state index in [9.17, 15) is 0 Å². The molecule has 1 saturated carbocycles. The van der Waals surface area contributed by atoms with Gasteiger partial charge >= 0.3 is 0 Å². The molecule has 0 aromatic carbocycles. The molecule has 1 fully saturated rings. The Balaban J connectivity index is 2.17. The molecule has 1 aliphatic carbocycles. The third-order valence-electron chi connectivity index (χ3n) is 5.19. The molecule has 1 atom stereocenters. The molecule has 0 amide bonds. The van der Waals surface area contributed by atoms with Crippen molar-refractivity contribution in [1.82, 2.24) is 15.2 Å². The lowest BCUT2D eigenvalue weighted by Gasteiger charge is -2.50. The second-order valence-electron chi connectivity index (χ2n) is 6.59. The third-order valence-corrected chi connectivity index (χ3v) is 5.19. The first-order chi connectivity index (χ1) is 9.58. The Labute approximate surface area is 123 Å². The van der Waals surface area contributed by atoms with Crippen LogP contribution in [-0.4, -0.2) is 42.6 Å². The van der Waals surface area contributed by atoms with E-state index >= 15 is 0 Å². The molecule has 0 spiro atoms. The van der Waals surface area contributed by atoms with Crippen LogP contribution in [0.1, 0.15) is 38.2 Å². The van der Waals surface area contributed by atoms with Gasteiger partial charge in [0.25, 0.3) is 0 Å². The van der Waals surface area contributed by atoms with Gasteiger partial charge in [0.05, 0.1) is 0 Å². The molecule has 0 radical (unpaired) electrons. The molecule has 1 aromatic heterocycles. The molecule has 3 nitrogen and oxygen atoms in total. The van der Waals surface area contributed by atoms with Crippen LogP contribution in [0.2, 0.25) is 0 Å². The summed E-state index contributed by atoms with van der Waals surface area (Å²) in [6.45, 7) is 2.38. The minimum Gasteiger partial charge on any atom is -0.315 e. The number of rotatable bonds is 5. The standard InChI is InChI=1S/C17H29N3/c1-14-7-9-17(10-8-14,20(3)4)16(18-2)12-15-6-5-11-19-13-15/h5-6,11,13-14,16,18H,7-10,12H2,1-4H3. The van der Waals surface area contributed by atoms with Gasteiger partial charge in [0.2, 0.25) is 0 Å². The normalized spacial score (nSPS) is 28.6. The molecule has 1 aliphatic rings. The Morgan fingerprint density at radius 2 is 2.10 bits per heavy atom. The molecule has 0 bridgehead atoms. The van der Waals surface area contributed by atoms with Crippen molar-refractivity contribution in [3.8, 4) is 0 Å². The second-order valence-corrected chi connectivity index (χ2v) is 6.59. The number of hydrogen-bond donors (Lipinski definition) is 1. The van der Waals surface area contributed by atoms with Crippen molar-refractivity contribution in [2.45, 2.75) is 50.6 Å². The van der Waals surface area contributed by atoms with E-state index < -0.39 is 0 Å². The number of likely N-dealkylation sites (N-methyl/N-ethyl adjacent to an activating group) is 2. The fourth-order valence-electron chi connectivity index (χ4n) is 3.68. The maximum absolute atomic E-state index is 4.26. The highest BCUT2D eigenvalue weighted by molar-refractivity contribution is 5.14. The zero-order valence-electron chi connectivity index (χ0n) is 13.4. The number of aromatic nitrogens is 1. The summed E-state index contributed by atoms with van der Waals surface area (Å²) in [5, 5.41) is 3.59. The lowest BCUT2D eigenvalue weighted by atomic mass is 9.70. The predicted molar refractivity (Wildman–Crippen MR) is 84.8 cm³/mol. The molecule has 112 valence electrons. The molecule has 1 aromatic rings. The molecule has 2 rings (SSSR count). The minimum absolute atomic E-state index is 0.275. The minimum atomic E-state index is 0.275. The summed E-state index contributed by atoms with van der Waals surface area (Å²) in [4.78, 5) is 6.71. The van der Waals surface area contributed by atoms with Crippen LogP contribution in [0.25, 0.3) is 0 Å². The van der Waals surface area contributed by atoms with E-state index in [4.69, 9.17) is 0 Å². The smallest absolute Gasteiger partial charge is 0.0359 e. The molecular weight excluding hydrogens is 246 g/mol. The Morgan fingerprint density at radius 3 is 2.60 bits per heavy atom. The van der Waals surface area contributed by atoms with Gasteiger partial charge in [0, 0.05) is 24.0 Å². The van der Waals surface area contributed by atoms with Crippen LogP contribution in [0.4, 0.5) is 0 Å². The average Bonchev–Trinajstić information content (AvgIpc) is 2.47. The summed E-state index contributed by atoms with van der Waals surface area (Å²) in [5.41, 5.74) is 1.60. The zero-order chi connectivity index (χ0) is 14.6. The maximum atomic E-state index is 4.26. The molecule has 20 heavy (non-hydrogen) atoms. The van der Waals surface area contributed by atoms with Crippen molar-refractivity contribution in [3.63, 3.8) is 0 Å². The molecule has 1 N–H and O–H groups in total. The summed E-state index contributed by atoms with van der Waals surface area (Å²) in [6.07, 6.45) is 10.1. The number of nitrogens with one attached hydrogen (secondary N) is 1. The van der Waals surface area contributed by atoms with Crippen LogP contribution in [0.3, 0.4) is 0 Å². The van der Waals surface area contributed by atoms with E-state index in [1.54, 1.807) is 0 Å². The van der Waals surface area contributed by atoms with E-state index in [2.05, 4.69) is 49.3 Å². The SMILES string of the molecule is CNC(Cc1cccnc1)C1(N(C)C)CCC(C)CC1. The quantitative estimate of drug-likeness (QED) is 0.895. The van der Waals surface area contributed by atoms with E-state index in [-0.39, 0.29) is 5.54 Å². The van der Waals surface area contributed by atoms with Gasteiger partial charge in [-0.1, -0.05) is 13.0 Å². The fraction of sp³-hybridized carbons (Fsp3) is 0.706. The van der Waals surface area contributed by atoms with Crippen LogP contribution >= 0.6 is 0 Å². The van der Waals surface area contributed by atoms with E-state index in [1.165, 1.54) is 31.2 Å². The van der Waals surface area contributed by atoms with Gasteiger partial charge < -0.3 is 10.2 Å². The lowest BCUT2D eigenvalue weighted by Crippen LogP contribution is -2.60. The predicted octanol–water partition coefficient (Wildman–Crippen LogP) is 2.72. The second kappa shape index (κ2) is 6.68. The first kappa shape index (κ1) is 15.5. The molecular formula is C17H29N3. The van der Waals surface area contributed by atoms with Crippen LogP contribution in [0.5, 0.6) is 0 Å². The topological polar surface area (TPSA) is 28.2 Å². The number of pyridine rings is 1. The lowest BCUT2D eigenvalue weighted by molar-refractivity contribution is 0.0461. The highest BCUT2D eigenvalue weighted by Crippen LogP contribution is 2.38. The van der Waals surface area contributed by atoms with Gasteiger partial charge in [-0.05, 0) is 70.8 Å². The Morgan fingerprint density at radius 1 is 1.40 bits per heavy atom. The summed E-state index contributed by atoms with van der Waals surface area (Å²) < 4.78 is 0. The fourth-order valence-corrected chi connectivity index (χ4v) is 3.68. The molecule has 1 heterocycles. The summed E-state index contributed by atoms with van der Waals surface area (Å²) >= 11 is 0. The van der Waals surface area contributed by atoms with E-state index in [1.807, 2.05) is 18.5 Å².